The fourth-order valence-corrected chi connectivity index (χ4v) is 2.85. The Hall–Kier alpha value is -0.930. The van der Waals surface area contributed by atoms with Gasteiger partial charge in [-0.05, 0) is 37.1 Å². The molecule has 0 bridgehead atoms. The molecule has 1 N–H and O–H groups in total. The molecular weight excluding hydrogens is 239 g/mol. The molecule has 0 aliphatic carbocycles. The van der Waals surface area contributed by atoms with Crippen molar-refractivity contribution in [2.75, 3.05) is 26.2 Å². The second kappa shape index (κ2) is 7.61. The maximum absolute atomic E-state index is 13.5. The topological polar surface area (TPSA) is 15.3 Å². The van der Waals surface area contributed by atoms with Gasteiger partial charge in [0.2, 0.25) is 0 Å². The minimum atomic E-state index is -0.119. The van der Waals surface area contributed by atoms with Crippen molar-refractivity contribution in [3.63, 3.8) is 0 Å². The number of nitrogens with one attached hydrogen (secondary N) is 1. The summed E-state index contributed by atoms with van der Waals surface area (Å²) < 4.78 is 13.5. The molecule has 1 atom stereocenters. The molecule has 2 rings (SSSR count). The molecule has 2 nitrogen and oxygen atoms in total. The molecule has 0 aromatic heterocycles. The SMILES string of the molecule is CCCCC(c1cccc(F)c1)N1CCCNCC1. The number of nitrogens with zero attached hydrogens (tertiary/aromatic N) is 1. The maximum atomic E-state index is 13.5. The average molecular weight is 264 g/mol. The first-order valence-electron chi connectivity index (χ1n) is 7.51. The Balaban J connectivity index is 2.13. The highest BCUT2D eigenvalue weighted by Crippen LogP contribution is 2.27. The summed E-state index contributed by atoms with van der Waals surface area (Å²) in [7, 11) is 0. The summed E-state index contributed by atoms with van der Waals surface area (Å²) in [5, 5.41) is 3.44. The molecule has 3 heteroatoms. The zero-order valence-electron chi connectivity index (χ0n) is 11.9. The molecule has 1 aromatic carbocycles. The molecule has 1 heterocycles. The van der Waals surface area contributed by atoms with Gasteiger partial charge in [0.1, 0.15) is 5.82 Å². The second-order valence-electron chi connectivity index (χ2n) is 5.35. The van der Waals surface area contributed by atoms with Crippen LogP contribution in [0.2, 0.25) is 0 Å². The van der Waals surface area contributed by atoms with Crippen LogP contribution >= 0.6 is 0 Å². The van der Waals surface area contributed by atoms with Crippen molar-refractivity contribution >= 4 is 0 Å². The van der Waals surface area contributed by atoms with Crippen molar-refractivity contribution in [2.24, 2.45) is 0 Å². The van der Waals surface area contributed by atoms with E-state index in [0.717, 1.165) is 38.2 Å². The van der Waals surface area contributed by atoms with Crippen molar-refractivity contribution in [3.05, 3.63) is 35.6 Å². The molecule has 1 aliphatic heterocycles. The molecule has 1 fully saturated rings. The van der Waals surface area contributed by atoms with Crippen molar-refractivity contribution in [1.29, 1.82) is 0 Å². The van der Waals surface area contributed by atoms with Gasteiger partial charge in [-0.25, -0.2) is 4.39 Å². The summed E-state index contributed by atoms with van der Waals surface area (Å²) >= 11 is 0. The number of unbranched alkanes of at least 4 members (excludes halogenated alkanes) is 1. The Morgan fingerprint density at radius 1 is 1.32 bits per heavy atom. The molecule has 1 aromatic rings. The molecule has 1 aliphatic rings. The van der Waals surface area contributed by atoms with Crippen molar-refractivity contribution in [1.82, 2.24) is 10.2 Å². The number of benzene rings is 1. The monoisotopic (exact) mass is 264 g/mol. The van der Waals surface area contributed by atoms with E-state index in [1.165, 1.54) is 25.3 Å². The van der Waals surface area contributed by atoms with Gasteiger partial charge in [-0.15, -0.1) is 0 Å². The van der Waals surface area contributed by atoms with E-state index in [1.54, 1.807) is 6.07 Å². The lowest BCUT2D eigenvalue weighted by atomic mass is 9.99. The van der Waals surface area contributed by atoms with E-state index in [-0.39, 0.29) is 5.82 Å². The van der Waals surface area contributed by atoms with Crippen LogP contribution in [0.5, 0.6) is 0 Å². The van der Waals surface area contributed by atoms with Crippen LogP contribution in [0.15, 0.2) is 24.3 Å². The van der Waals surface area contributed by atoms with Crippen molar-refractivity contribution < 1.29 is 4.39 Å². The highest BCUT2D eigenvalue weighted by Gasteiger charge is 2.21. The summed E-state index contributed by atoms with van der Waals surface area (Å²) in [4.78, 5) is 2.52. The van der Waals surface area contributed by atoms with E-state index in [1.807, 2.05) is 6.07 Å². The van der Waals surface area contributed by atoms with Gasteiger partial charge in [-0.3, -0.25) is 4.90 Å². The van der Waals surface area contributed by atoms with Crippen LogP contribution in [-0.4, -0.2) is 31.1 Å². The lowest BCUT2D eigenvalue weighted by molar-refractivity contribution is 0.197. The van der Waals surface area contributed by atoms with E-state index < -0.39 is 0 Å². The summed E-state index contributed by atoms with van der Waals surface area (Å²) in [5.74, 6) is -0.119. The number of hydrogen-bond acceptors (Lipinski definition) is 2. The van der Waals surface area contributed by atoms with Gasteiger partial charge in [0.05, 0.1) is 0 Å². The van der Waals surface area contributed by atoms with Crippen LogP contribution in [0.1, 0.15) is 44.2 Å². The molecule has 0 spiro atoms. The fraction of sp³-hybridized carbons (Fsp3) is 0.625. The Bertz CT molecular complexity index is 373. The summed E-state index contributed by atoms with van der Waals surface area (Å²) in [6, 6.07) is 7.51. The van der Waals surface area contributed by atoms with Crippen molar-refractivity contribution in [3.8, 4) is 0 Å². The third-order valence-electron chi connectivity index (χ3n) is 3.88. The Morgan fingerprint density at radius 2 is 2.21 bits per heavy atom. The first-order valence-corrected chi connectivity index (χ1v) is 7.51. The highest BCUT2D eigenvalue weighted by molar-refractivity contribution is 5.20. The van der Waals surface area contributed by atoms with Gasteiger partial charge >= 0.3 is 0 Å². The molecular formula is C16H25FN2. The average Bonchev–Trinajstić information content (AvgIpc) is 2.68. The van der Waals surface area contributed by atoms with E-state index in [0.29, 0.717) is 6.04 Å². The van der Waals surface area contributed by atoms with Crippen LogP contribution in [0.3, 0.4) is 0 Å². The van der Waals surface area contributed by atoms with E-state index in [2.05, 4.69) is 23.2 Å². The van der Waals surface area contributed by atoms with Gasteiger partial charge in [-0.2, -0.15) is 0 Å². The van der Waals surface area contributed by atoms with Gasteiger partial charge in [0.15, 0.2) is 0 Å². The normalized spacial score (nSPS) is 19.1. The molecule has 1 saturated heterocycles. The minimum Gasteiger partial charge on any atom is -0.315 e. The van der Waals surface area contributed by atoms with Gasteiger partial charge < -0.3 is 5.32 Å². The lowest BCUT2D eigenvalue weighted by Crippen LogP contribution is -2.32. The third-order valence-corrected chi connectivity index (χ3v) is 3.88. The molecule has 0 saturated carbocycles. The smallest absolute Gasteiger partial charge is 0.123 e. The van der Waals surface area contributed by atoms with Gasteiger partial charge in [0.25, 0.3) is 0 Å². The number of halogens is 1. The number of rotatable bonds is 5. The first-order chi connectivity index (χ1) is 9.31. The van der Waals surface area contributed by atoms with E-state index in [9.17, 15) is 4.39 Å². The summed E-state index contributed by atoms with van der Waals surface area (Å²) in [5.41, 5.74) is 1.13. The van der Waals surface area contributed by atoms with Crippen LogP contribution < -0.4 is 5.32 Å². The van der Waals surface area contributed by atoms with E-state index >= 15 is 0 Å². The predicted molar refractivity (Wildman–Crippen MR) is 77.7 cm³/mol. The molecule has 0 amide bonds. The summed E-state index contributed by atoms with van der Waals surface area (Å²) in [6.07, 6.45) is 4.70. The zero-order valence-corrected chi connectivity index (χ0v) is 11.9. The zero-order chi connectivity index (χ0) is 13.5. The highest BCUT2D eigenvalue weighted by atomic mass is 19.1. The molecule has 1 unspecified atom stereocenters. The van der Waals surface area contributed by atoms with Crippen LogP contribution in [-0.2, 0) is 0 Å². The van der Waals surface area contributed by atoms with Crippen LogP contribution in [0.25, 0.3) is 0 Å². The maximum Gasteiger partial charge on any atom is 0.123 e. The van der Waals surface area contributed by atoms with Gasteiger partial charge in [0, 0.05) is 25.7 Å². The van der Waals surface area contributed by atoms with Crippen LogP contribution in [0.4, 0.5) is 4.39 Å². The Labute approximate surface area is 116 Å². The lowest BCUT2D eigenvalue weighted by Gasteiger charge is -2.31. The van der Waals surface area contributed by atoms with E-state index in [4.69, 9.17) is 0 Å². The molecule has 0 radical (unpaired) electrons. The van der Waals surface area contributed by atoms with Crippen molar-refractivity contribution in [2.45, 2.75) is 38.6 Å². The standard InChI is InChI=1S/C16H25FN2/c1-2-3-8-16(14-6-4-7-15(17)13-14)19-11-5-9-18-10-12-19/h4,6-7,13,16,18H,2-3,5,8-12H2,1H3. The van der Waals surface area contributed by atoms with Crippen LogP contribution in [0, 0.1) is 5.82 Å². The Morgan fingerprint density at radius 3 is 3.00 bits per heavy atom. The predicted octanol–water partition coefficient (Wildman–Crippen LogP) is 3.35. The molecule has 19 heavy (non-hydrogen) atoms. The first kappa shape index (κ1) is 14.5. The summed E-state index contributed by atoms with van der Waals surface area (Å²) in [6.45, 7) is 6.52. The number of hydrogen-bond donors (Lipinski definition) is 1. The third kappa shape index (κ3) is 4.29. The largest absolute Gasteiger partial charge is 0.315 e. The quantitative estimate of drug-likeness (QED) is 0.877. The molecule has 106 valence electrons. The Kier molecular flexibility index (Phi) is 5.80. The fourth-order valence-electron chi connectivity index (χ4n) is 2.85. The van der Waals surface area contributed by atoms with Gasteiger partial charge in [-0.1, -0.05) is 31.9 Å². The minimum absolute atomic E-state index is 0.119. The second-order valence-corrected chi connectivity index (χ2v) is 5.35.